The molecule has 0 rings (SSSR count). The van der Waals surface area contributed by atoms with Gasteiger partial charge in [-0.3, -0.25) is 9.69 Å². The topological polar surface area (TPSA) is 44.1 Å². The summed E-state index contributed by atoms with van der Waals surface area (Å²) in [5.41, 5.74) is 0. The molecule has 0 saturated carbocycles. The van der Waals surface area contributed by atoms with E-state index in [1.54, 1.807) is 0 Å². The van der Waals surface area contributed by atoms with Gasteiger partial charge in [-0.25, -0.2) is 0 Å². The van der Waals surface area contributed by atoms with Gasteiger partial charge in [0.2, 0.25) is 0 Å². The van der Waals surface area contributed by atoms with Crippen molar-refractivity contribution >= 4 is 5.78 Å². The summed E-state index contributed by atoms with van der Waals surface area (Å²) in [5, 5.41) is 8.27. The Kier molecular flexibility index (Phi) is 7.23. The van der Waals surface area contributed by atoms with Crippen molar-refractivity contribution in [2.24, 2.45) is 0 Å². The van der Waals surface area contributed by atoms with Gasteiger partial charge in [0.05, 0.1) is 19.0 Å². The first-order chi connectivity index (χ1) is 6.20. The summed E-state index contributed by atoms with van der Waals surface area (Å²) in [6.45, 7) is 3.52. The Bertz CT molecular complexity index is 184. The summed E-state index contributed by atoms with van der Waals surface area (Å²) in [5.74, 6) is 0.0153. The molecule has 0 bridgehead atoms. The zero-order valence-corrected chi connectivity index (χ0v) is 8.55. The second-order valence-corrected chi connectivity index (χ2v) is 3.32. The third kappa shape index (κ3) is 7.48. The molecule has 0 aromatic heterocycles. The molecule has 0 fully saturated rings. The fourth-order valence-electron chi connectivity index (χ4n) is 1.16. The number of carbonyl (C=O) groups excluding carboxylic acids is 1. The number of hydrogen-bond acceptors (Lipinski definition) is 3. The van der Waals surface area contributed by atoms with Gasteiger partial charge < -0.3 is 0 Å². The van der Waals surface area contributed by atoms with E-state index in [0.717, 1.165) is 13.0 Å². The van der Waals surface area contributed by atoms with Gasteiger partial charge in [-0.15, -0.1) is 0 Å². The Labute approximate surface area is 80.3 Å². The van der Waals surface area contributed by atoms with Crippen LogP contribution in [0.4, 0.5) is 0 Å². The van der Waals surface area contributed by atoms with Crippen LogP contribution < -0.4 is 0 Å². The second kappa shape index (κ2) is 7.75. The Morgan fingerprint density at radius 2 is 2.15 bits per heavy atom. The molecule has 0 atom stereocenters. The lowest BCUT2D eigenvalue weighted by molar-refractivity contribution is -0.119. The Morgan fingerprint density at radius 3 is 2.69 bits per heavy atom. The molecule has 0 N–H and O–H groups in total. The van der Waals surface area contributed by atoms with E-state index in [1.165, 1.54) is 12.8 Å². The molecule has 0 saturated heterocycles. The maximum Gasteiger partial charge on any atom is 0.160 e. The zero-order chi connectivity index (χ0) is 10.1. The smallest absolute Gasteiger partial charge is 0.160 e. The van der Waals surface area contributed by atoms with Gasteiger partial charge in [-0.1, -0.05) is 19.8 Å². The predicted octanol–water partition coefficient (Wildman–Crippen LogP) is 1.59. The van der Waals surface area contributed by atoms with E-state index in [2.05, 4.69) is 6.92 Å². The number of unbranched alkanes of at least 4 members (excludes halogenated alkanes) is 2. The van der Waals surface area contributed by atoms with E-state index >= 15 is 0 Å². The monoisotopic (exact) mass is 182 g/mol. The maximum absolute atomic E-state index is 11.0. The number of rotatable bonds is 7. The third-order valence-electron chi connectivity index (χ3n) is 1.87. The van der Waals surface area contributed by atoms with Crippen molar-refractivity contribution in [3.8, 4) is 6.07 Å². The summed E-state index contributed by atoms with van der Waals surface area (Å²) in [7, 11) is 1.92. The molecule has 0 aromatic carbocycles. The van der Waals surface area contributed by atoms with E-state index in [0.29, 0.717) is 6.54 Å². The van der Waals surface area contributed by atoms with E-state index in [9.17, 15) is 4.79 Å². The number of Topliss-reactive ketones (excluding diaryl/α,β-unsaturated/α-hetero) is 1. The molecule has 74 valence electrons. The SMILES string of the molecule is CCCCCN(C)CC(=O)CC#N. The minimum Gasteiger partial charge on any atom is -0.299 e. The van der Waals surface area contributed by atoms with Gasteiger partial charge in [0.15, 0.2) is 5.78 Å². The summed E-state index contributed by atoms with van der Waals surface area (Å²) in [6, 6.07) is 1.86. The number of nitrogens with zero attached hydrogens (tertiary/aromatic N) is 2. The Morgan fingerprint density at radius 1 is 1.46 bits per heavy atom. The first-order valence-electron chi connectivity index (χ1n) is 4.78. The quantitative estimate of drug-likeness (QED) is 0.562. The number of carbonyl (C=O) groups is 1. The molecule has 0 spiro atoms. The fourth-order valence-corrected chi connectivity index (χ4v) is 1.16. The summed E-state index contributed by atoms with van der Waals surface area (Å²) < 4.78 is 0. The molecule has 0 unspecified atom stereocenters. The molecule has 3 heteroatoms. The van der Waals surface area contributed by atoms with Gasteiger partial charge in [-0.05, 0) is 20.0 Å². The van der Waals surface area contributed by atoms with Crippen LogP contribution >= 0.6 is 0 Å². The number of hydrogen-bond donors (Lipinski definition) is 0. The Balaban J connectivity index is 3.45. The average Bonchev–Trinajstić information content (AvgIpc) is 2.05. The summed E-state index contributed by atoms with van der Waals surface area (Å²) in [4.78, 5) is 13.0. The van der Waals surface area contributed by atoms with E-state index < -0.39 is 0 Å². The molecular weight excluding hydrogens is 164 g/mol. The molecule has 3 nitrogen and oxygen atoms in total. The summed E-state index contributed by atoms with van der Waals surface area (Å²) in [6.07, 6.45) is 3.57. The largest absolute Gasteiger partial charge is 0.299 e. The highest BCUT2D eigenvalue weighted by molar-refractivity contribution is 5.82. The maximum atomic E-state index is 11.0. The van der Waals surface area contributed by atoms with Gasteiger partial charge in [0, 0.05) is 0 Å². The highest BCUT2D eigenvalue weighted by Gasteiger charge is 2.04. The molecule has 0 amide bonds. The second-order valence-electron chi connectivity index (χ2n) is 3.32. The van der Waals surface area contributed by atoms with Crippen LogP contribution in [-0.2, 0) is 4.79 Å². The molecule has 0 aliphatic heterocycles. The van der Waals surface area contributed by atoms with Crippen molar-refractivity contribution in [2.75, 3.05) is 20.1 Å². The predicted molar refractivity (Wildman–Crippen MR) is 52.3 cm³/mol. The molecule has 0 heterocycles. The number of ketones is 1. The van der Waals surface area contributed by atoms with Crippen LogP contribution in [0.5, 0.6) is 0 Å². The van der Waals surface area contributed by atoms with Crippen molar-refractivity contribution in [3.63, 3.8) is 0 Å². The highest BCUT2D eigenvalue weighted by Crippen LogP contribution is 1.96. The van der Waals surface area contributed by atoms with Crippen molar-refractivity contribution in [3.05, 3.63) is 0 Å². The molecule has 0 radical (unpaired) electrons. The van der Waals surface area contributed by atoms with Gasteiger partial charge in [0.1, 0.15) is 0 Å². The normalized spacial score (nSPS) is 10.0. The minimum atomic E-state index is 0.0153. The van der Waals surface area contributed by atoms with E-state index in [1.807, 2.05) is 18.0 Å². The third-order valence-corrected chi connectivity index (χ3v) is 1.87. The van der Waals surface area contributed by atoms with Crippen LogP contribution in [0.15, 0.2) is 0 Å². The van der Waals surface area contributed by atoms with Crippen LogP contribution in [0.3, 0.4) is 0 Å². The molecule has 13 heavy (non-hydrogen) atoms. The molecule has 0 aromatic rings. The lowest BCUT2D eigenvalue weighted by atomic mass is 10.2. The van der Waals surface area contributed by atoms with Crippen LogP contribution in [-0.4, -0.2) is 30.8 Å². The van der Waals surface area contributed by atoms with Gasteiger partial charge >= 0.3 is 0 Å². The lowest BCUT2D eigenvalue weighted by Crippen LogP contribution is -2.26. The van der Waals surface area contributed by atoms with Crippen LogP contribution in [0, 0.1) is 11.3 Å². The standard InChI is InChI=1S/C10H18N2O/c1-3-4-5-8-12(2)9-10(13)6-7-11/h3-6,8-9H2,1-2H3. The Hall–Kier alpha value is -0.880. The van der Waals surface area contributed by atoms with Crippen LogP contribution in [0.25, 0.3) is 0 Å². The van der Waals surface area contributed by atoms with Gasteiger partial charge in [-0.2, -0.15) is 5.26 Å². The minimum absolute atomic E-state index is 0.0153. The van der Waals surface area contributed by atoms with Gasteiger partial charge in [0.25, 0.3) is 0 Å². The molecule has 0 aliphatic carbocycles. The highest BCUT2D eigenvalue weighted by atomic mass is 16.1. The number of nitriles is 1. The fraction of sp³-hybridized carbons (Fsp3) is 0.800. The van der Waals surface area contributed by atoms with Crippen molar-refractivity contribution in [1.29, 1.82) is 5.26 Å². The van der Waals surface area contributed by atoms with Crippen LogP contribution in [0.1, 0.15) is 32.6 Å². The molecular formula is C10H18N2O. The van der Waals surface area contributed by atoms with E-state index in [4.69, 9.17) is 5.26 Å². The van der Waals surface area contributed by atoms with Crippen LogP contribution in [0.2, 0.25) is 0 Å². The number of likely N-dealkylation sites (N-methyl/N-ethyl adjacent to an activating group) is 1. The van der Waals surface area contributed by atoms with Crippen molar-refractivity contribution in [2.45, 2.75) is 32.6 Å². The summed E-state index contributed by atoms with van der Waals surface area (Å²) >= 11 is 0. The van der Waals surface area contributed by atoms with E-state index in [-0.39, 0.29) is 12.2 Å². The molecule has 0 aliphatic rings. The first kappa shape index (κ1) is 12.1. The average molecular weight is 182 g/mol. The van der Waals surface area contributed by atoms with Crippen molar-refractivity contribution < 1.29 is 4.79 Å². The lowest BCUT2D eigenvalue weighted by Gasteiger charge is -2.14. The van der Waals surface area contributed by atoms with Crippen molar-refractivity contribution in [1.82, 2.24) is 4.90 Å². The zero-order valence-electron chi connectivity index (χ0n) is 8.55. The first-order valence-corrected chi connectivity index (χ1v) is 4.78.